The van der Waals surface area contributed by atoms with Crippen LogP contribution in [0.15, 0.2) is 72.8 Å². The molecule has 0 aliphatic rings. The van der Waals surface area contributed by atoms with Crippen LogP contribution in [0.5, 0.6) is 0 Å². The maximum absolute atomic E-state index is 13.8. The van der Waals surface area contributed by atoms with E-state index in [-0.39, 0.29) is 31.6 Å². The topological polar surface area (TPSA) is 137 Å². The van der Waals surface area contributed by atoms with E-state index < -0.39 is 57.5 Å². The van der Waals surface area contributed by atoms with Crippen molar-refractivity contribution in [1.29, 1.82) is 0 Å². The number of benzene rings is 3. The van der Waals surface area contributed by atoms with Crippen molar-refractivity contribution in [3.8, 4) is 0 Å². The molecule has 3 aromatic carbocycles. The van der Waals surface area contributed by atoms with Gasteiger partial charge in [-0.05, 0) is 53.6 Å². The Balaban J connectivity index is 1.74. The first-order valence-corrected chi connectivity index (χ1v) is 16.3. The van der Waals surface area contributed by atoms with Crippen molar-refractivity contribution in [1.82, 2.24) is 10.6 Å². The van der Waals surface area contributed by atoms with Gasteiger partial charge in [0, 0.05) is 31.5 Å². The summed E-state index contributed by atoms with van der Waals surface area (Å²) in [7, 11) is -3.50. The summed E-state index contributed by atoms with van der Waals surface area (Å²) in [6, 6.07) is 17.6. The summed E-state index contributed by atoms with van der Waals surface area (Å²) in [5.74, 6) is -2.87. The number of halogens is 2. The Morgan fingerprint density at radius 2 is 1.57 bits per heavy atom. The SMILES string of the molecule is CCc1cccc(CNC[C@@H](OC(=O)[C@@H](CCS(C)(=O)=O)NC(=O)OCc2ccccc2)[C@@H](N)Cc2cc(F)cc(F)c2)c1. The third kappa shape index (κ3) is 12.4. The van der Waals surface area contributed by atoms with Crippen LogP contribution in [-0.2, 0) is 50.1 Å². The fourth-order valence-electron chi connectivity index (χ4n) is 4.45. The molecule has 9 nitrogen and oxygen atoms in total. The predicted molar refractivity (Wildman–Crippen MR) is 163 cm³/mol. The number of carbonyl (C=O) groups excluding carboxylic acids is 2. The van der Waals surface area contributed by atoms with Crippen molar-refractivity contribution in [3.63, 3.8) is 0 Å². The van der Waals surface area contributed by atoms with E-state index in [4.69, 9.17) is 15.2 Å². The zero-order valence-electron chi connectivity index (χ0n) is 24.8. The summed E-state index contributed by atoms with van der Waals surface area (Å²) in [5, 5.41) is 5.61. The highest BCUT2D eigenvalue weighted by atomic mass is 32.2. The lowest BCUT2D eigenvalue weighted by atomic mass is 10.0. The van der Waals surface area contributed by atoms with Gasteiger partial charge < -0.3 is 25.8 Å². The van der Waals surface area contributed by atoms with Crippen LogP contribution in [0.25, 0.3) is 0 Å². The van der Waals surface area contributed by atoms with Gasteiger partial charge in [0.1, 0.15) is 40.2 Å². The highest BCUT2D eigenvalue weighted by molar-refractivity contribution is 7.90. The number of esters is 1. The minimum atomic E-state index is -3.50. The molecule has 0 saturated carbocycles. The van der Waals surface area contributed by atoms with E-state index in [9.17, 15) is 26.8 Å². The molecule has 0 aliphatic heterocycles. The van der Waals surface area contributed by atoms with Gasteiger partial charge in [-0.3, -0.25) is 0 Å². The number of alkyl carbamates (subject to hydrolysis) is 1. The lowest BCUT2D eigenvalue weighted by Gasteiger charge is -2.27. The quantitative estimate of drug-likeness (QED) is 0.203. The molecular weight excluding hydrogens is 592 g/mol. The lowest BCUT2D eigenvalue weighted by Crippen LogP contribution is -2.50. The second-order valence-corrected chi connectivity index (χ2v) is 12.9. The number of nitrogens with two attached hydrogens (primary N) is 1. The molecule has 0 bridgehead atoms. The minimum Gasteiger partial charge on any atom is -0.458 e. The zero-order chi connectivity index (χ0) is 32.1. The van der Waals surface area contributed by atoms with Crippen LogP contribution in [0.1, 0.15) is 35.6 Å². The number of nitrogens with one attached hydrogen (secondary N) is 2. The number of aryl methyl sites for hydroxylation is 1. The largest absolute Gasteiger partial charge is 0.458 e. The summed E-state index contributed by atoms with van der Waals surface area (Å²) in [6.45, 7) is 2.46. The number of hydrogen-bond acceptors (Lipinski definition) is 8. The Hall–Kier alpha value is -3.87. The summed E-state index contributed by atoms with van der Waals surface area (Å²) < 4.78 is 62.4. The number of amides is 1. The van der Waals surface area contributed by atoms with Crippen LogP contribution in [0.4, 0.5) is 13.6 Å². The molecule has 0 aliphatic carbocycles. The maximum Gasteiger partial charge on any atom is 0.408 e. The Morgan fingerprint density at radius 3 is 2.23 bits per heavy atom. The van der Waals surface area contributed by atoms with Gasteiger partial charge in [0.15, 0.2) is 0 Å². The monoisotopic (exact) mass is 631 g/mol. The molecule has 1 amide bonds. The zero-order valence-corrected chi connectivity index (χ0v) is 25.6. The van der Waals surface area contributed by atoms with Crippen molar-refractivity contribution in [3.05, 3.63) is 107 Å². The van der Waals surface area contributed by atoms with Gasteiger partial charge in [-0.15, -0.1) is 0 Å². The van der Waals surface area contributed by atoms with E-state index in [0.717, 1.165) is 42.0 Å². The Bertz CT molecular complexity index is 1470. The fourth-order valence-corrected chi connectivity index (χ4v) is 5.11. The third-order valence-electron chi connectivity index (χ3n) is 6.78. The lowest BCUT2D eigenvalue weighted by molar-refractivity contribution is -0.152. The van der Waals surface area contributed by atoms with Gasteiger partial charge >= 0.3 is 12.1 Å². The predicted octanol–water partition coefficient (Wildman–Crippen LogP) is 3.83. The molecular formula is C32H39F2N3O6S. The number of ether oxygens (including phenoxy) is 2. The van der Waals surface area contributed by atoms with Crippen LogP contribution in [0, 0.1) is 11.6 Å². The Labute approximate surface area is 257 Å². The van der Waals surface area contributed by atoms with Crippen molar-refractivity contribution >= 4 is 21.9 Å². The van der Waals surface area contributed by atoms with Crippen molar-refractivity contribution in [2.45, 2.75) is 57.5 Å². The van der Waals surface area contributed by atoms with Crippen LogP contribution < -0.4 is 16.4 Å². The molecule has 238 valence electrons. The first-order chi connectivity index (χ1) is 20.9. The number of rotatable bonds is 16. The van der Waals surface area contributed by atoms with Gasteiger partial charge in [-0.2, -0.15) is 0 Å². The summed E-state index contributed by atoms with van der Waals surface area (Å²) in [4.78, 5) is 25.9. The highest BCUT2D eigenvalue weighted by Gasteiger charge is 2.30. The van der Waals surface area contributed by atoms with Gasteiger partial charge in [-0.25, -0.2) is 26.8 Å². The fraction of sp³-hybridized carbons (Fsp3) is 0.375. The van der Waals surface area contributed by atoms with Crippen molar-refractivity contribution < 1.29 is 36.3 Å². The first kappa shape index (κ1) is 34.6. The van der Waals surface area contributed by atoms with E-state index >= 15 is 0 Å². The molecule has 12 heteroatoms. The van der Waals surface area contributed by atoms with Crippen LogP contribution in [0.2, 0.25) is 0 Å². The second kappa shape index (κ2) is 16.8. The highest BCUT2D eigenvalue weighted by Crippen LogP contribution is 2.14. The molecule has 0 heterocycles. The molecule has 0 saturated heterocycles. The summed E-state index contributed by atoms with van der Waals surface area (Å²) >= 11 is 0. The number of hydrogen-bond donors (Lipinski definition) is 3. The van der Waals surface area contributed by atoms with E-state index in [1.165, 1.54) is 0 Å². The molecule has 0 unspecified atom stereocenters. The standard InChI is InChI=1S/C32H39F2N3O6S/c1-3-22-10-7-11-24(14-22)19-36-20-30(28(35)17-25-15-26(33)18-27(34)16-25)43-31(38)29(12-13-44(2,40)41)37-32(39)42-21-23-8-5-4-6-9-23/h4-11,14-16,18,28-30,36H,3,12-13,17,19-21,35H2,1-2H3,(H,37,39)/t28-,29+,30+/m0/s1. The minimum absolute atomic E-state index is 0.0276. The van der Waals surface area contributed by atoms with Gasteiger partial charge in [0.2, 0.25) is 0 Å². The van der Waals surface area contributed by atoms with Crippen LogP contribution in [0.3, 0.4) is 0 Å². The normalized spacial score (nSPS) is 13.5. The van der Waals surface area contributed by atoms with E-state index in [1.54, 1.807) is 24.3 Å². The maximum atomic E-state index is 13.8. The average Bonchev–Trinajstić information content (AvgIpc) is 2.97. The van der Waals surface area contributed by atoms with E-state index in [2.05, 4.69) is 10.6 Å². The molecule has 3 atom stereocenters. The molecule has 0 spiro atoms. The third-order valence-corrected chi connectivity index (χ3v) is 7.76. The molecule has 0 aromatic heterocycles. The first-order valence-electron chi connectivity index (χ1n) is 14.3. The summed E-state index contributed by atoms with van der Waals surface area (Å²) in [6.07, 6.45) is -0.372. The van der Waals surface area contributed by atoms with E-state index in [1.807, 2.05) is 37.3 Å². The van der Waals surface area contributed by atoms with Crippen LogP contribution >= 0.6 is 0 Å². The van der Waals surface area contributed by atoms with Crippen molar-refractivity contribution in [2.24, 2.45) is 5.73 Å². The molecule has 3 aromatic rings. The smallest absolute Gasteiger partial charge is 0.408 e. The number of carbonyl (C=O) groups is 2. The van der Waals surface area contributed by atoms with Crippen LogP contribution in [-0.4, -0.2) is 57.2 Å². The molecule has 3 rings (SSSR count). The Kier molecular flexibility index (Phi) is 13.2. The van der Waals surface area contributed by atoms with Crippen molar-refractivity contribution in [2.75, 3.05) is 18.6 Å². The molecule has 0 radical (unpaired) electrons. The Morgan fingerprint density at radius 1 is 0.909 bits per heavy atom. The van der Waals surface area contributed by atoms with Gasteiger partial charge in [0.25, 0.3) is 0 Å². The molecule has 0 fully saturated rings. The van der Waals surface area contributed by atoms with E-state index in [0.29, 0.717) is 12.1 Å². The second-order valence-electron chi connectivity index (χ2n) is 10.6. The van der Waals surface area contributed by atoms with Gasteiger partial charge in [-0.1, -0.05) is 61.5 Å². The average molecular weight is 632 g/mol. The van der Waals surface area contributed by atoms with Gasteiger partial charge in [0.05, 0.1) is 5.75 Å². The molecule has 4 N–H and O–H groups in total. The molecule has 44 heavy (non-hydrogen) atoms. The number of sulfone groups is 1. The summed E-state index contributed by atoms with van der Waals surface area (Å²) in [5.41, 5.74) is 9.53.